The highest BCUT2D eigenvalue weighted by molar-refractivity contribution is 9.10. The molecule has 0 amide bonds. The average Bonchev–Trinajstić information content (AvgIpc) is 3.09. The lowest BCUT2D eigenvalue weighted by molar-refractivity contribution is -0.274. The minimum atomic E-state index is -4.77. The van der Waals surface area contributed by atoms with Gasteiger partial charge in [-0.25, -0.2) is 0 Å². The second kappa shape index (κ2) is 7.40. The van der Waals surface area contributed by atoms with E-state index >= 15 is 0 Å². The first kappa shape index (κ1) is 19.3. The van der Waals surface area contributed by atoms with Crippen LogP contribution in [0.15, 0.2) is 76.3 Å². The topological polar surface area (TPSA) is 49.0 Å². The van der Waals surface area contributed by atoms with Gasteiger partial charge in [0.1, 0.15) is 11.3 Å². The third-order valence-electron chi connectivity index (χ3n) is 4.28. The molecule has 0 N–H and O–H groups in total. The number of hydrogen-bond donors (Lipinski definition) is 0. The molecule has 0 aliphatic heterocycles. The van der Waals surface area contributed by atoms with Gasteiger partial charge >= 0.3 is 6.36 Å². The van der Waals surface area contributed by atoms with Gasteiger partial charge in [0.25, 0.3) is 5.56 Å². The number of aromatic nitrogens is 3. The van der Waals surface area contributed by atoms with Crippen molar-refractivity contribution < 1.29 is 17.9 Å². The SMILES string of the molecule is O=c1c2c(cnn2Cc2ccccc2)c(Br)cn1-c1ccc(OC(F)(F)F)cc1. The van der Waals surface area contributed by atoms with Crippen molar-refractivity contribution >= 4 is 26.8 Å². The maximum absolute atomic E-state index is 13.1. The summed E-state index contributed by atoms with van der Waals surface area (Å²) in [5.74, 6) is -0.358. The Morgan fingerprint density at radius 3 is 2.38 bits per heavy atom. The van der Waals surface area contributed by atoms with Crippen molar-refractivity contribution in [3.8, 4) is 11.4 Å². The molecule has 0 saturated heterocycles. The third kappa shape index (κ3) is 4.04. The van der Waals surface area contributed by atoms with E-state index in [0.29, 0.717) is 27.6 Å². The van der Waals surface area contributed by atoms with Crippen LogP contribution in [0.2, 0.25) is 0 Å². The maximum atomic E-state index is 13.1. The maximum Gasteiger partial charge on any atom is 0.573 e. The smallest absolute Gasteiger partial charge is 0.406 e. The standard InChI is InChI=1S/C20H13BrF3N3O2/c21-17-12-26(14-6-8-15(9-7-14)29-20(22,23)24)19(28)18-16(17)10-25-27(18)11-13-4-2-1-3-5-13/h1-10,12H,11H2. The van der Waals surface area contributed by atoms with E-state index in [9.17, 15) is 18.0 Å². The van der Waals surface area contributed by atoms with Gasteiger partial charge < -0.3 is 4.74 Å². The zero-order valence-electron chi connectivity index (χ0n) is 14.7. The first-order chi connectivity index (χ1) is 13.8. The molecule has 0 fully saturated rings. The van der Waals surface area contributed by atoms with Gasteiger partial charge in [-0.15, -0.1) is 13.2 Å². The number of hydrogen-bond acceptors (Lipinski definition) is 3. The van der Waals surface area contributed by atoms with Crippen LogP contribution in [0.4, 0.5) is 13.2 Å². The number of alkyl halides is 3. The zero-order chi connectivity index (χ0) is 20.6. The summed E-state index contributed by atoms with van der Waals surface area (Å²) in [6, 6.07) is 14.7. The van der Waals surface area contributed by atoms with Crippen LogP contribution in [-0.2, 0) is 6.54 Å². The lowest BCUT2D eigenvalue weighted by atomic mass is 10.2. The first-order valence-corrected chi connectivity index (χ1v) is 9.28. The fraction of sp³-hybridized carbons (Fsp3) is 0.100. The normalized spacial score (nSPS) is 11.7. The molecule has 148 valence electrons. The van der Waals surface area contributed by atoms with E-state index in [2.05, 4.69) is 25.8 Å². The molecular formula is C20H13BrF3N3O2. The molecule has 5 nitrogen and oxygen atoms in total. The number of halogens is 4. The number of fused-ring (bicyclic) bond motifs is 1. The average molecular weight is 464 g/mol. The number of pyridine rings is 1. The van der Waals surface area contributed by atoms with Gasteiger partial charge in [-0.05, 0) is 45.8 Å². The second-order valence-corrected chi connectivity index (χ2v) is 7.10. The molecule has 2 aromatic carbocycles. The molecule has 0 aliphatic rings. The summed E-state index contributed by atoms with van der Waals surface area (Å²) in [6.45, 7) is 0.411. The van der Waals surface area contributed by atoms with E-state index < -0.39 is 6.36 Å². The summed E-state index contributed by atoms with van der Waals surface area (Å²) in [5, 5.41) is 4.98. The largest absolute Gasteiger partial charge is 0.573 e. The number of nitrogens with zero attached hydrogens (tertiary/aromatic N) is 3. The Morgan fingerprint density at radius 1 is 1.03 bits per heavy atom. The van der Waals surface area contributed by atoms with Gasteiger partial charge in [-0.1, -0.05) is 30.3 Å². The minimum absolute atomic E-state index is 0.332. The first-order valence-electron chi connectivity index (χ1n) is 8.48. The molecule has 0 atom stereocenters. The van der Waals surface area contributed by atoms with Crippen LogP contribution in [0.25, 0.3) is 16.6 Å². The molecule has 0 saturated carbocycles. The van der Waals surface area contributed by atoms with Gasteiger partial charge in [0.2, 0.25) is 0 Å². The van der Waals surface area contributed by atoms with Crippen molar-refractivity contribution in [2.45, 2.75) is 12.9 Å². The van der Waals surface area contributed by atoms with Crippen LogP contribution < -0.4 is 10.3 Å². The molecule has 4 aromatic rings. The summed E-state index contributed by atoms with van der Waals surface area (Å²) in [7, 11) is 0. The molecule has 0 spiro atoms. The lowest BCUT2D eigenvalue weighted by Crippen LogP contribution is -2.21. The predicted molar refractivity (Wildman–Crippen MR) is 105 cm³/mol. The van der Waals surface area contributed by atoms with Crippen molar-refractivity contribution in [2.24, 2.45) is 0 Å². The van der Waals surface area contributed by atoms with Crippen LogP contribution in [-0.4, -0.2) is 20.7 Å². The van der Waals surface area contributed by atoms with Gasteiger partial charge in [0, 0.05) is 21.7 Å². The van der Waals surface area contributed by atoms with E-state index in [1.165, 1.54) is 16.7 Å². The van der Waals surface area contributed by atoms with Crippen molar-refractivity contribution in [1.82, 2.24) is 14.3 Å². The van der Waals surface area contributed by atoms with Gasteiger partial charge in [0.15, 0.2) is 0 Å². The van der Waals surface area contributed by atoms with Crippen LogP contribution in [0.5, 0.6) is 5.75 Å². The third-order valence-corrected chi connectivity index (χ3v) is 4.92. The van der Waals surface area contributed by atoms with Crippen LogP contribution in [0.3, 0.4) is 0 Å². The fourth-order valence-electron chi connectivity index (χ4n) is 3.02. The number of ether oxygens (including phenoxy) is 1. The monoisotopic (exact) mass is 463 g/mol. The lowest BCUT2D eigenvalue weighted by Gasteiger charge is -2.11. The van der Waals surface area contributed by atoms with E-state index in [-0.39, 0.29) is 11.3 Å². The fourth-order valence-corrected chi connectivity index (χ4v) is 3.51. The van der Waals surface area contributed by atoms with Crippen molar-refractivity contribution in [1.29, 1.82) is 0 Å². The van der Waals surface area contributed by atoms with Crippen LogP contribution >= 0.6 is 15.9 Å². The summed E-state index contributed by atoms with van der Waals surface area (Å²) in [4.78, 5) is 13.1. The summed E-state index contributed by atoms with van der Waals surface area (Å²) in [5.41, 5.74) is 1.44. The highest BCUT2D eigenvalue weighted by Crippen LogP contribution is 2.26. The Labute approximate surface area is 171 Å². The van der Waals surface area contributed by atoms with Gasteiger partial charge in [-0.2, -0.15) is 5.10 Å². The molecule has 9 heteroatoms. The van der Waals surface area contributed by atoms with E-state index in [1.807, 2.05) is 30.3 Å². The minimum Gasteiger partial charge on any atom is -0.406 e. The van der Waals surface area contributed by atoms with E-state index in [4.69, 9.17) is 0 Å². The summed E-state index contributed by atoms with van der Waals surface area (Å²) in [6.07, 6.45) is -1.60. The van der Waals surface area contributed by atoms with E-state index in [0.717, 1.165) is 17.7 Å². The summed E-state index contributed by atoms with van der Waals surface area (Å²) < 4.78 is 44.5. The molecule has 2 aromatic heterocycles. The van der Waals surface area contributed by atoms with E-state index in [1.54, 1.807) is 17.1 Å². The van der Waals surface area contributed by atoms with Crippen molar-refractivity contribution in [2.75, 3.05) is 0 Å². The molecule has 0 radical (unpaired) electrons. The van der Waals surface area contributed by atoms with Crippen LogP contribution in [0, 0.1) is 0 Å². The zero-order valence-corrected chi connectivity index (χ0v) is 16.3. The molecule has 0 aliphatic carbocycles. The molecule has 0 bridgehead atoms. The molecule has 2 heterocycles. The number of benzene rings is 2. The van der Waals surface area contributed by atoms with Crippen molar-refractivity contribution in [3.63, 3.8) is 0 Å². The Balaban J connectivity index is 1.77. The quantitative estimate of drug-likeness (QED) is 0.432. The Kier molecular flexibility index (Phi) is 4.91. The predicted octanol–water partition coefficient (Wildman–Crippen LogP) is 4.90. The molecule has 4 rings (SSSR count). The summed E-state index contributed by atoms with van der Waals surface area (Å²) >= 11 is 3.45. The molecule has 0 unspecified atom stereocenters. The Morgan fingerprint density at radius 2 is 1.72 bits per heavy atom. The van der Waals surface area contributed by atoms with Gasteiger partial charge in [-0.3, -0.25) is 14.0 Å². The number of rotatable bonds is 4. The Hall–Kier alpha value is -3.07. The van der Waals surface area contributed by atoms with Crippen molar-refractivity contribution in [3.05, 3.63) is 87.4 Å². The molecule has 29 heavy (non-hydrogen) atoms. The van der Waals surface area contributed by atoms with Crippen LogP contribution in [0.1, 0.15) is 5.56 Å². The van der Waals surface area contributed by atoms with Gasteiger partial charge in [0.05, 0.1) is 12.7 Å². The highest BCUT2D eigenvalue weighted by atomic mass is 79.9. The Bertz CT molecular complexity index is 1220. The second-order valence-electron chi connectivity index (χ2n) is 6.24. The highest BCUT2D eigenvalue weighted by Gasteiger charge is 2.31. The molecular weight excluding hydrogens is 451 g/mol.